The van der Waals surface area contributed by atoms with Crippen molar-refractivity contribution < 1.29 is 23.1 Å². The number of carbonyl (C=O) groups excluding carboxylic acids is 1. The lowest BCUT2D eigenvalue weighted by molar-refractivity contribution is -0.138. The molecule has 0 heterocycles. The third-order valence-corrected chi connectivity index (χ3v) is 4.10. The molecule has 1 saturated carbocycles. The van der Waals surface area contributed by atoms with E-state index in [0.29, 0.717) is 4.90 Å². The summed E-state index contributed by atoms with van der Waals surface area (Å²) in [5, 5.41) is 18.7. The van der Waals surface area contributed by atoms with Crippen LogP contribution in [-0.2, 0) is 11.0 Å². The Hall–Kier alpha value is -2.14. The summed E-state index contributed by atoms with van der Waals surface area (Å²) >= 11 is 0.792. The summed E-state index contributed by atoms with van der Waals surface area (Å²) in [7, 11) is 0. The summed E-state index contributed by atoms with van der Waals surface area (Å²) in [6.45, 7) is 1.33. The fourth-order valence-electron chi connectivity index (χ4n) is 1.96. The zero-order valence-electron chi connectivity index (χ0n) is 12.1. The highest BCUT2D eigenvalue weighted by Crippen LogP contribution is 2.36. The maximum Gasteiger partial charge on any atom is 0.416 e. The maximum absolute atomic E-state index is 12.7. The van der Waals surface area contributed by atoms with Gasteiger partial charge < -0.3 is 5.11 Å². The lowest BCUT2D eigenvalue weighted by atomic mass is 10.1. The van der Waals surface area contributed by atoms with E-state index in [2.05, 4.69) is 4.72 Å². The van der Waals surface area contributed by atoms with Crippen molar-refractivity contribution in [3.63, 3.8) is 0 Å². The average molecular weight is 342 g/mol. The molecular formula is C15H13F3N2O2S. The number of aliphatic hydroxyl groups excluding tert-OH is 1. The predicted octanol–water partition coefficient (Wildman–Crippen LogP) is 3.88. The van der Waals surface area contributed by atoms with Crippen molar-refractivity contribution in [3.8, 4) is 6.07 Å². The van der Waals surface area contributed by atoms with Crippen LogP contribution in [0.15, 0.2) is 34.4 Å². The van der Waals surface area contributed by atoms with Crippen molar-refractivity contribution in [3.05, 3.63) is 40.7 Å². The molecule has 23 heavy (non-hydrogen) atoms. The molecule has 1 fully saturated rings. The van der Waals surface area contributed by atoms with Gasteiger partial charge in [0.1, 0.15) is 11.8 Å². The van der Waals surface area contributed by atoms with Gasteiger partial charge in [0.05, 0.1) is 5.56 Å². The second kappa shape index (κ2) is 6.54. The molecule has 8 heteroatoms. The summed E-state index contributed by atoms with van der Waals surface area (Å²) in [4.78, 5) is 12.3. The lowest BCUT2D eigenvalue weighted by Crippen LogP contribution is -2.19. The van der Waals surface area contributed by atoms with Crippen LogP contribution >= 0.6 is 11.9 Å². The molecule has 0 aromatic heterocycles. The molecule has 2 N–H and O–H groups in total. The average Bonchev–Trinajstić information content (AvgIpc) is 3.29. The number of nitrogens with zero attached hydrogens (tertiary/aromatic N) is 1. The fraction of sp³-hybridized carbons (Fsp3) is 0.333. The molecule has 1 amide bonds. The minimum absolute atomic E-state index is 0.0358. The molecule has 4 nitrogen and oxygen atoms in total. The van der Waals surface area contributed by atoms with E-state index in [4.69, 9.17) is 5.26 Å². The first kappa shape index (κ1) is 17.2. The highest BCUT2D eigenvalue weighted by atomic mass is 32.2. The molecule has 0 spiro atoms. The van der Waals surface area contributed by atoms with Crippen LogP contribution in [0.2, 0.25) is 0 Å². The van der Waals surface area contributed by atoms with Crippen molar-refractivity contribution in [2.75, 3.05) is 0 Å². The van der Waals surface area contributed by atoms with Gasteiger partial charge in [-0.25, -0.2) is 0 Å². The number of hydrogen-bond acceptors (Lipinski definition) is 4. The minimum Gasteiger partial charge on any atom is -0.510 e. The van der Waals surface area contributed by atoms with Crippen molar-refractivity contribution in [2.24, 2.45) is 5.92 Å². The van der Waals surface area contributed by atoms with Crippen LogP contribution in [-0.4, -0.2) is 11.0 Å². The zero-order valence-corrected chi connectivity index (χ0v) is 12.9. The molecule has 1 aliphatic rings. The van der Waals surface area contributed by atoms with Gasteiger partial charge in [0, 0.05) is 10.8 Å². The standard InChI is InChI=1S/C15H13F3N2O2S/c1-8-6-10(4-5-12(8)15(16,17)18)23-20-14(22)11(7-19)13(21)9-2-3-9/h4-6,9,21H,2-3H2,1H3,(H,20,22). The number of rotatable bonds is 4. The van der Waals surface area contributed by atoms with Crippen molar-refractivity contribution >= 4 is 17.9 Å². The largest absolute Gasteiger partial charge is 0.510 e. The van der Waals surface area contributed by atoms with Gasteiger partial charge in [-0.05, 0) is 55.5 Å². The van der Waals surface area contributed by atoms with E-state index in [1.165, 1.54) is 19.1 Å². The highest BCUT2D eigenvalue weighted by Gasteiger charge is 2.32. The Labute approximate surface area is 135 Å². The van der Waals surface area contributed by atoms with E-state index in [1.807, 2.05) is 0 Å². The number of hydrogen-bond donors (Lipinski definition) is 2. The van der Waals surface area contributed by atoms with E-state index in [-0.39, 0.29) is 22.8 Å². The first-order valence-corrected chi connectivity index (χ1v) is 7.54. The SMILES string of the molecule is Cc1cc(SNC(=O)C(C#N)=C(O)C2CC2)ccc1C(F)(F)F. The minimum atomic E-state index is -4.43. The molecule has 1 aliphatic carbocycles. The molecule has 0 atom stereocenters. The Morgan fingerprint density at radius 1 is 1.43 bits per heavy atom. The molecule has 0 saturated heterocycles. The second-order valence-electron chi connectivity index (χ2n) is 5.15. The number of alkyl halides is 3. The van der Waals surface area contributed by atoms with Crippen molar-refractivity contribution in [1.29, 1.82) is 5.26 Å². The number of halogens is 3. The van der Waals surface area contributed by atoms with Gasteiger partial charge in [0.25, 0.3) is 5.91 Å². The quantitative estimate of drug-likeness (QED) is 0.377. The smallest absolute Gasteiger partial charge is 0.416 e. The molecule has 0 radical (unpaired) electrons. The summed E-state index contributed by atoms with van der Waals surface area (Å²) in [6.07, 6.45) is -2.96. The molecule has 122 valence electrons. The monoisotopic (exact) mass is 342 g/mol. The van der Waals surface area contributed by atoms with Crippen LogP contribution in [0.3, 0.4) is 0 Å². The summed E-state index contributed by atoms with van der Waals surface area (Å²) in [5.74, 6) is -1.14. The molecule has 1 aromatic carbocycles. The number of aryl methyl sites for hydroxylation is 1. The van der Waals surface area contributed by atoms with Gasteiger partial charge in [-0.3, -0.25) is 9.52 Å². The van der Waals surface area contributed by atoms with E-state index in [0.717, 1.165) is 30.9 Å². The third-order valence-electron chi connectivity index (χ3n) is 3.32. The van der Waals surface area contributed by atoms with Gasteiger partial charge in [0.15, 0.2) is 5.57 Å². The Bertz CT molecular complexity index is 704. The van der Waals surface area contributed by atoms with Crippen LogP contribution in [0, 0.1) is 24.2 Å². The predicted molar refractivity (Wildman–Crippen MR) is 78.2 cm³/mol. The number of allylic oxidation sites excluding steroid dienone is 1. The van der Waals surface area contributed by atoms with Gasteiger partial charge >= 0.3 is 6.18 Å². The molecule has 2 rings (SSSR count). The number of aliphatic hydroxyl groups is 1. The highest BCUT2D eigenvalue weighted by molar-refractivity contribution is 7.98. The molecule has 1 aromatic rings. The van der Waals surface area contributed by atoms with E-state index < -0.39 is 17.6 Å². The Morgan fingerprint density at radius 3 is 2.57 bits per heavy atom. The van der Waals surface area contributed by atoms with Crippen LogP contribution in [0.1, 0.15) is 24.0 Å². The Balaban J connectivity index is 2.06. The summed E-state index contributed by atoms with van der Waals surface area (Å²) in [6, 6.07) is 5.12. The van der Waals surface area contributed by atoms with E-state index in [1.54, 1.807) is 6.07 Å². The maximum atomic E-state index is 12.7. The summed E-state index contributed by atoms with van der Waals surface area (Å²) in [5.41, 5.74) is -1.06. The van der Waals surface area contributed by atoms with Gasteiger partial charge in [-0.2, -0.15) is 18.4 Å². The van der Waals surface area contributed by atoms with Gasteiger partial charge in [-0.1, -0.05) is 0 Å². The van der Waals surface area contributed by atoms with Crippen LogP contribution in [0.5, 0.6) is 0 Å². The second-order valence-corrected chi connectivity index (χ2v) is 6.03. The third kappa shape index (κ3) is 4.20. The number of amides is 1. The number of nitrogens with one attached hydrogen (secondary N) is 1. The fourth-order valence-corrected chi connectivity index (χ4v) is 2.64. The lowest BCUT2D eigenvalue weighted by Gasteiger charge is -2.11. The van der Waals surface area contributed by atoms with Crippen molar-refractivity contribution in [2.45, 2.75) is 30.8 Å². The van der Waals surface area contributed by atoms with E-state index in [9.17, 15) is 23.1 Å². The van der Waals surface area contributed by atoms with E-state index >= 15 is 0 Å². The molecule has 0 unspecified atom stereocenters. The van der Waals surface area contributed by atoms with Crippen LogP contribution in [0.4, 0.5) is 13.2 Å². The molecular weight excluding hydrogens is 329 g/mol. The number of nitriles is 1. The van der Waals surface area contributed by atoms with Gasteiger partial charge in [0.2, 0.25) is 0 Å². The van der Waals surface area contributed by atoms with Crippen LogP contribution in [0.25, 0.3) is 0 Å². The topological polar surface area (TPSA) is 73.1 Å². The number of benzene rings is 1. The Kier molecular flexibility index (Phi) is 4.90. The molecule has 0 bridgehead atoms. The molecule has 0 aliphatic heterocycles. The van der Waals surface area contributed by atoms with Crippen molar-refractivity contribution in [1.82, 2.24) is 4.72 Å². The number of carbonyl (C=O) groups is 1. The summed E-state index contributed by atoms with van der Waals surface area (Å²) < 4.78 is 40.4. The first-order chi connectivity index (χ1) is 10.7. The van der Waals surface area contributed by atoms with Crippen LogP contribution < -0.4 is 4.72 Å². The zero-order chi connectivity index (χ0) is 17.2. The Morgan fingerprint density at radius 2 is 2.09 bits per heavy atom. The normalized spacial score (nSPS) is 15.6. The van der Waals surface area contributed by atoms with Gasteiger partial charge in [-0.15, -0.1) is 0 Å². The first-order valence-electron chi connectivity index (χ1n) is 6.72.